The maximum atomic E-state index is 12.5. The van der Waals surface area contributed by atoms with Gasteiger partial charge in [-0.05, 0) is 18.6 Å². The van der Waals surface area contributed by atoms with Crippen LogP contribution in [0.15, 0.2) is 12.1 Å². The highest BCUT2D eigenvalue weighted by molar-refractivity contribution is 7.17. The van der Waals surface area contributed by atoms with Crippen LogP contribution in [0, 0.1) is 0 Å². The first-order valence-electron chi connectivity index (χ1n) is 6.24. The Hall–Kier alpha value is -1.25. The summed E-state index contributed by atoms with van der Waals surface area (Å²) in [5, 5.41) is 2.72. The maximum absolute atomic E-state index is 12.5. The number of amides is 2. The van der Waals surface area contributed by atoms with Crippen molar-refractivity contribution in [2.24, 2.45) is 5.73 Å². The molecule has 116 valence electrons. The molecule has 0 aromatic carbocycles. The Morgan fingerprint density at radius 3 is 2.76 bits per heavy atom. The van der Waals surface area contributed by atoms with Crippen LogP contribution in [-0.2, 0) is 4.79 Å². The lowest BCUT2D eigenvalue weighted by molar-refractivity contribution is -0.122. The van der Waals surface area contributed by atoms with Crippen molar-refractivity contribution in [3.63, 3.8) is 0 Å². The molecule has 2 rings (SSSR count). The first kappa shape index (κ1) is 16.1. The average molecular weight is 338 g/mol. The fourth-order valence-corrected chi connectivity index (χ4v) is 3.32. The van der Waals surface area contributed by atoms with Crippen LogP contribution < -0.4 is 11.1 Å². The predicted molar refractivity (Wildman–Crippen MR) is 75.8 cm³/mol. The number of halogens is 3. The number of hydrogen-bond donors (Lipinski definition) is 2. The van der Waals surface area contributed by atoms with E-state index in [0.717, 1.165) is 11.3 Å². The van der Waals surface area contributed by atoms with Crippen LogP contribution in [0.1, 0.15) is 16.1 Å². The van der Waals surface area contributed by atoms with Crippen molar-refractivity contribution in [1.82, 2.24) is 10.2 Å². The fraction of sp³-hybridized carbons (Fsp3) is 0.500. The summed E-state index contributed by atoms with van der Waals surface area (Å²) in [6, 6.07) is 2.01. The van der Waals surface area contributed by atoms with Crippen LogP contribution in [0.25, 0.3) is 0 Å². The SMILES string of the molecule is NC(=O)[C@@H]1C[C@H](NC(=O)c2ccc(Cl)s2)CN1CC(F)F. The van der Waals surface area contributed by atoms with Crippen LogP contribution in [-0.4, -0.2) is 48.3 Å². The topological polar surface area (TPSA) is 75.4 Å². The van der Waals surface area contributed by atoms with E-state index >= 15 is 0 Å². The Kier molecular flexibility index (Phi) is 5.13. The second-order valence-corrected chi connectivity index (χ2v) is 6.49. The standard InChI is InChI=1S/C12H14ClF2N3O2S/c13-9-2-1-8(21-9)12(20)17-6-3-7(11(16)19)18(4-6)5-10(14)15/h1-2,6-7,10H,3-5H2,(H2,16,19)(H,17,20)/t6-,7-/m0/s1. The number of hydrogen-bond acceptors (Lipinski definition) is 4. The molecule has 0 saturated carbocycles. The highest BCUT2D eigenvalue weighted by Gasteiger charge is 2.37. The predicted octanol–water partition coefficient (Wildman–Crippen LogP) is 1.32. The molecule has 1 aliphatic heterocycles. The molecule has 1 aromatic heterocycles. The summed E-state index contributed by atoms with van der Waals surface area (Å²) in [6.07, 6.45) is -2.33. The van der Waals surface area contributed by atoms with Crippen LogP contribution >= 0.6 is 22.9 Å². The van der Waals surface area contributed by atoms with Gasteiger partial charge in [-0.15, -0.1) is 11.3 Å². The number of likely N-dealkylation sites (tertiary alicyclic amines) is 1. The molecule has 9 heteroatoms. The first-order chi connectivity index (χ1) is 9.86. The van der Waals surface area contributed by atoms with Gasteiger partial charge in [-0.25, -0.2) is 8.78 Å². The number of nitrogens with zero attached hydrogens (tertiary/aromatic N) is 1. The second-order valence-electron chi connectivity index (χ2n) is 4.77. The molecule has 2 atom stereocenters. The molecule has 1 saturated heterocycles. The average Bonchev–Trinajstić information content (AvgIpc) is 2.95. The largest absolute Gasteiger partial charge is 0.368 e. The third kappa shape index (κ3) is 4.12. The number of carbonyl (C=O) groups excluding carboxylic acids is 2. The maximum Gasteiger partial charge on any atom is 0.261 e. The zero-order valence-corrected chi connectivity index (χ0v) is 12.5. The quantitative estimate of drug-likeness (QED) is 0.851. The monoisotopic (exact) mass is 337 g/mol. The lowest BCUT2D eigenvalue weighted by Gasteiger charge is -2.20. The lowest BCUT2D eigenvalue weighted by atomic mass is 10.1. The van der Waals surface area contributed by atoms with Crippen molar-refractivity contribution in [3.8, 4) is 0 Å². The Balaban J connectivity index is 1.98. The summed E-state index contributed by atoms with van der Waals surface area (Å²) < 4.78 is 25.5. The van der Waals surface area contributed by atoms with E-state index < -0.39 is 31.0 Å². The second kappa shape index (κ2) is 6.67. The number of rotatable bonds is 5. The third-order valence-electron chi connectivity index (χ3n) is 3.24. The molecule has 0 spiro atoms. The summed E-state index contributed by atoms with van der Waals surface area (Å²) in [5.41, 5.74) is 5.22. The van der Waals surface area contributed by atoms with Crippen molar-refractivity contribution >= 4 is 34.8 Å². The van der Waals surface area contributed by atoms with Gasteiger partial charge in [-0.1, -0.05) is 11.6 Å². The minimum Gasteiger partial charge on any atom is -0.368 e. The molecular weight excluding hydrogens is 324 g/mol. The Labute approximate surface area is 129 Å². The molecule has 1 fully saturated rings. The summed E-state index contributed by atoms with van der Waals surface area (Å²) in [4.78, 5) is 25.0. The molecule has 1 aliphatic rings. The van der Waals surface area contributed by atoms with E-state index in [1.165, 1.54) is 4.90 Å². The van der Waals surface area contributed by atoms with Gasteiger partial charge in [0.15, 0.2) is 0 Å². The summed E-state index contributed by atoms with van der Waals surface area (Å²) in [7, 11) is 0. The number of primary amides is 1. The Morgan fingerprint density at radius 2 is 2.24 bits per heavy atom. The minimum absolute atomic E-state index is 0.169. The number of nitrogens with one attached hydrogen (secondary N) is 1. The number of alkyl halides is 2. The smallest absolute Gasteiger partial charge is 0.261 e. The summed E-state index contributed by atoms with van der Waals surface area (Å²) >= 11 is 6.88. The molecule has 2 amide bonds. The number of carbonyl (C=O) groups is 2. The van der Waals surface area contributed by atoms with Crippen molar-refractivity contribution < 1.29 is 18.4 Å². The fourth-order valence-electron chi connectivity index (χ4n) is 2.38. The van der Waals surface area contributed by atoms with E-state index in [1.807, 2.05) is 0 Å². The molecule has 21 heavy (non-hydrogen) atoms. The van der Waals surface area contributed by atoms with Crippen LogP contribution in [0.5, 0.6) is 0 Å². The van der Waals surface area contributed by atoms with Crippen LogP contribution in [0.2, 0.25) is 4.34 Å². The summed E-state index contributed by atoms with van der Waals surface area (Å²) in [5.74, 6) is -0.995. The Morgan fingerprint density at radius 1 is 1.52 bits per heavy atom. The van der Waals surface area contributed by atoms with Crippen molar-refractivity contribution in [3.05, 3.63) is 21.3 Å². The van der Waals surface area contributed by atoms with E-state index in [1.54, 1.807) is 12.1 Å². The third-order valence-corrected chi connectivity index (χ3v) is 4.47. The minimum atomic E-state index is -2.56. The van der Waals surface area contributed by atoms with Gasteiger partial charge >= 0.3 is 0 Å². The molecule has 1 aromatic rings. The van der Waals surface area contributed by atoms with Crippen LogP contribution in [0.3, 0.4) is 0 Å². The van der Waals surface area contributed by atoms with Crippen LogP contribution in [0.4, 0.5) is 8.78 Å². The van der Waals surface area contributed by atoms with Gasteiger partial charge in [0.1, 0.15) is 0 Å². The van der Waals surface area contributed by atoms with Crippen molar-refractivity contribution in [2.45, 2.75) is 24.9 Å². The lowest BCUT2D eigenvalue weighted by Crippen LogP contribution is -2.42. The molecule has 0 radical (unpaired) electrons. The highest BCUT2D eigenvalue weighted by atomic mass is 35.5. The number of nitrogens with two attached hydrogens (primary N) is 1. The molecule has 0 unspecified atom stereocenters. The molecule has 3 N–H and O–H groups in total. The van der Waals surface area contributed by atoms with Gasteiger partial charge in [-0.2, -0.15) is 0 Å². The molecular formula is C12H14ClF2N3O2S. The zero-order valence-electron chi connectivity index (χ0n) is 10.9. The zero-order chi connectivity index (χ0) is 15.6. The van der Waals surface area contributed by atoms with Gasteiger partial charge in [0.2, 0.25) is 5.91 Å². The molecule has 0 bridgehead atoms. The highest BCUT2D eigenvalue weighted by Crippen LogP contribution is 2.23. The van der Waals surface area contributed by atoms with E-state index in [0.29, 0.717) is 9.21 Å². The molecule has 0 aliphatic carbocycles. The molecule has 2 heterocycles. The van der Waals surface area contributed by atoms with E-state index in [9.17, 15) is 18.4 Å². The van der Waals surface area contributed by atoms with E-state index in [4.69, 9.17) is 17.3 Å². The first-order valence-corrected chi connectivity index (χ1v) is 7.44. The Bertz CT molecular complexity index is 540. The van der Waals surface area contributed by atoms with Crippen molar-refractivity contribution in [2.75, 3.05) is 13.1 Å². The normalized spacial score (nSPS) is 22.7. The van der Waals surface area contributed by atoms with Crippen molar-refractivity contribution in [1.29, 1.82) is 0 Å². The molecule has 5 nitrogen and oxygen atoms in total. The van der Waals surface area contributed by atoms with Gasteiger partial charge in [-0.3, -0.25) is 14.5 Å². The van der Waals surface area contributed by atoms with Gasteiger partial charge in [0, 0.05) is 12.6 Å². The van der Waals surface area contributed by atoms with Gasteiger partial charge in [0.25, 0.3) is 12.3 Å². The van der Waals surface area contributed by atoms with E-state index in [2.05, 4.69) is 5.32 Å². The van der Waals surface area contributed by atoms with Gasteiger partial charge in [0.05, 0.1) is 21.8 Å². The number of thiophene rings is 1. The van der Waals surface area contributed by atoms with Gasteiger partial charge < -0.3 is 11.1 Å². The van der Waals surface area contributed by atoms with E-state index in [-0.39, 0.29) is 18.9 Å². The summed E-state index contributed by atoms with van der Waals surface area (Å²) in [6.45, 7) is -0.367.